The Balaban J connectivity index is 2.00. The van der Waals surface area contributed by atoms with E-state index in [9.17, 15) is 4.79 Å². The third-order valence-corrected chi connectivity index (χ3v) is 3.90. The molecule has 3 rings (SSSR count). The van der Waals surface area contributed by atoms with E-state index in [0.717, 1.165) is 17.7 Å². The highest BCUT2D eigenvalue weighted by Crippen LogP contribution is 2.27. The van der Waals surface area contributed by atoms with Gasteiger partial charge >= 0.3 is 0 Å². The minimum absolute atomic E-state index is 0.223. The minimum Gasteiger partial charge on any atom is -0.495 e. The Morgan fingerprint density at radius 2 is 1.78 bits per heavy atom. The fourth-order valence-corrected chi connectivity index (χ4v) is 2.56. The number of hydrogen-bond donors (Lipinski definition) is 2. The van der Waals surface area contributed by atoms with Crippen molar-refractivity contribution >= 4 is 17.4 Å². The smallest absolute Gasteiger partial charge is 0.270 e. The van der Waals surface area contributed by atoms with Crippen molar-refractivity contribution in [1.29, 1.82) is 0 Å². The summed E-state index contributed by atoms with van der Waals surface area (Å²) in [5.74, 6) is 1.47. The Labute approximate surface area is 158 Å². The van der Waals surface area contributed by atoms with Crippen LogP contribution >= 0.6 is 0 Å². The van der Waals surface area contributed by atoms with Crippen molar-refractivity contribution in [2.24, 2.45) is 0 Å². The normalized spacial score (nSPS) is 10.3. The number of benzene rings is 2. The van der Waals surface area contributed by atoms with E-state index < -0.39 is 0 Å². The van der Waals surface area contributed by atoms with Gasteiger partial charge in [0.15, 0.2) is 5.82 Å². The first kappa shape index (κ1) is 18.4. The highest BCUT2D eigenvalue weighted by atomic mass is 16.5. The number of carbonyl (C=O) groups excluding carboxylic acids is 1. The molecule has 138 valence electrons. The first-order valence-electron chi connectivity index (χ1n) is 8.84. The van der Waals surface area contributed by atoms with Gasteiger partial charge in [-0.15, -0.1) is 0 Å². The maximum atomic E-state index is 12.5. The molecule has 6 nitrogen and oxygen atoms in total. The van der Waals surface area contributed by atoms with Crippen LogP contribution in [0, 0.1) is 0 Å². The van der Waals surface area contributed by atoms with Gasteiger partial charge < -0.3 is 15.4 Å². The second-order valence-corrected chi connectivity index (χ2v) is 5.91. The van der Waals surface area contributed by atoms with Crippen LogP contribution in [0.1, 0.15) is 23.8 Å². The standard InChI is InChI=1S/C21H22N4O2/c1-3-13-22-21(26)17-14-19(23-16-11-7-8-12-18(16)27-2)25-20(24-17)15-9-5-4-6-10-15/h4-12,14H,3,13H2,1-2H3,(H,22,26)(H,23,24,25). The molecule has 0 aliphatic carbocycles. The highest BCUT2D eigenvalue weighted by molar-refractivity contribution is 5.93. The Kier molecular flexibility index (Phi) is 5.99. The number of amides is 1. The van der Waals surface area contributed by atoms with Gasteiger partial charge in [-0.2, -0.15) is 0 Å². The van der Waals surface area contributed by atoms with E-state index in [1.165, 1.54) is 0 Å². The van der Waals surface area contributed by atoms with Crippen LogP contribution in [0.3, 0.4) is 0 Å². The van der Waals surface area contributed by atoms with Crippen LogP contribution in [-0.2, 0) is 0 Å². The molecule has 2 aromatic carbocycles. The van der Waals surface area contributed by atoms with Gasteiger partial charge in [0.05, 0.1) is 12.8 Å². The monoisotopic (exact) mass is 362 g/mol. The van der Waals surface area contributed by atoms with Crippen molar-refractivity contribution in [2.75, 3.05) is 19.0 Å². The number of aromatic nitrogens is 2. The van der Waals surface area contributed by atoms with Gasteiger partial charge in [-0.1, -0.05) is 49.4 Å². The number of para-hydroxylation sites is 2. The third kappa shape index (κ3) is 4.61. The van der Waals surface area contributed by atoms with Crippen LogP contribution in [0.5, 0.6) is 5.75 Å². The van der Waals surface area contributed by atoms with Crippen LogP contribution in [0.15, 0.2) is 60.7 Å². The summed E-state index contributed by atoms with van der Waals surface area (Å²) in [5.41, 5.74) is 1.91. The Hall–Kier alpha value is -3.41. The first-order valence-corrected chi connectivity index (χ1v) is 8.84. The largest absolute Gasteiger partial charge is 0.495 e. The van der Waals surface area contributed by atoms with Crippen LogP contribution in [-0.4, -0.2) is 29.5 Å². The topological polar surface area (TPSA) is 76.1 Å². The predicted octanol–water partition coefficient (Wildman–Crippen LogP) is 4.04. The summed E-state index contributed by atoms with van der Waals surface area (Å²) in [7, 11) is 1.61. The molecule has 6 heteroatoms. The number of carbonyl (C=O) groups is 1. The Morgan fingerprint density at radius 1 is 1.04 bits per heavy atom. The van der Waals surface area contributed by atoms with E-state index >= 15 is 0 Å². The molecular weight excluding hydrogens is 340 g/mol. The molecule has 0 bridgehead atoms. The SMILES string of the molecule is CCCNC(=O)c1cc(Nc2ccccc2OC)nc(-c2ccccc2)n1. The van der Waals surface area contributed by atoms with Crippen LogP contribution < -0.4 is 15.4 Å². The number of ether oxygens (including phenoxy) is 1. The average molecular weight is 362 g/mol. The summed E-state index contributed by atoms with van der Waals surface area (Å²) >= 11 is 0. The van der Waals surface area contributed by atoms with Crippen molar-refractivity contribution < 1.29 is 9.53 Å². The van der Waals surface area contributed by atoms with E-state index in [4.69, 9.17) is 4.74 Å². The molecule has 0 atom stereocenters. The van der Waals surface area contributed by atoms with Crippen molar-refractivity contribution in [3.63, 3.8) is 0 Å². The van der Waals surface area contributed by atoms with Gasteiger partial charge in [-0.25, -0.2) is 9.97 Å². The van der Waals surface area contributed by atoms with Crippen molar-refractivity contribution in [3.8, 4) is 17.1 Å². The molecular formula is C21H22N4O2. The average Bonchev–Trinajstić information content (AvgIpc) is 2.72. The predicted molar refractivity (Wildman–Crippen MR) is 106 cm³/mol. The van der Waals surface area contributed by atoms with E-state index in [1.807, 2.05) is 61.5 Å². The van der Waals surface area contributed by atoms with E-state index in [0.29, 0.717) is 29.6 Å². The fourth-order valence-electron chi connectivity index (χ4n) is 2.56. The highest BCUT2D eigenvalue weighted by Gasteiger charge is 2.13. The lowest BCUT2D eigenvalue weighted by atomic mass is 10.2. The molecule has 2 N–H and O–H groups in total. The van der Waals surface area contributed by atoms with Crippen molar-refractivity contribution in [3.05, 3.63) is 66.4 Å². The molecule has 0 saturated heterocycles. The van der Waals surface area contributed by atoms with Crippen LogP contribution in [0.25, 0.3) is 11.4 Å². The van der Waals surface area contributed by atoms with E-state index in [1.54, 1.807) is 13.2 Å². The lowest BCUT2D eigenvalue weighted by Crippen LogP contribution is -2.25. The second-order valence-electron chi connectivity index (χ2n) is 5.91. The number of nitrogens with one attached hydrogen (secondary N) is 2. The molecule has 0 fully saturated rings. The second kappa shape index (κ2) is 8.80. The molecule has 0 unspecified atom stereocenters. The van der Waals surface area contributed by atoms with Gasteiger partial charge in [0.25, 0.3) is 5.91 Å². The summed E-state index contributed by atoms with van der Waals surface area (Å²) in [6, 6.07) is 18.8. The van der Waals surface area contributed by atoms with Gasteiger partial charge in [-0.3, -0.25) is 4.79 Å². The number of anilines is 2. The lowest BCUT2D eigenvalue weighted by molar-refractivity contribution is 0.0948. The van der Waals surface area contributed by atoms with Crippen LogP contribution in [0.2, 0.25) is 0 Å². The summed E-state index contributed by atoms with van der Waals surface area (Å²) in [6.07, 6.45) is 0.856. The third-order valence-electron chi connectivity index (χ3n) is 3.90. The molecule has 1 amide bonds. The van der Waals surface area contributed by atoms with Gasteiger partial charge in [0.1, 0.15) is 17.3 Å². The maximum absolute atomic E-state index is 12.5. The molecule has 0 aliphatic rings. The van der Waals surface area contributed by atoms with Gasteiger partial charge in [-0.05, 0) is 18.6 Å². The van der Waals surface area contributed by atoms with E-state index in [2.05, 4.69) is 20.6 Å². The summed E-state index contributed by atoms with van der Waals surface area (Å²) in [5, 5.41) is 6.09. The molecule has 0 aliphatic heterocycles. The Bertz CT molecular complexity index is 913. The quantitative estimate of drug-likeness (QED) is 0.663. The van der Waals surface area contributed by atoms with E-state index in [-0.39, 0.29) is 5.91 Å². The molecule has 3 aromatic rings. The summed E-state index contributed by atoms with van der Waals surface area (Å²) in [6.45, 7) is 2.60. The fraction of sp³-hybridized carbons (Fsp3) is 0.190. The summed E-state index contributed by atoms with van der Waals surface area (Å²) in [4.78, 5) is 21.5. The molecule has 1 heterocycles. The number of methoxy groups -OCH3 is 1. The van der Waals surface area contributed by atoms with Gasteiger partial charge in [0.2, 0.25) is 0 Å². The minimum atomic E-state index is -0.223. The molecule has 27 heavy (non-hydrogen) atoms. The lowest BCUT2D eigenvalue weighted by Gasteiger charge is -2.12. The molecule has 0 saturated carbocycles. The Morgan fingerprint density at radius 3 is 2.52 bits per heavy atom. The molecule has 1 aromatic heterocycles. The van der Waals surface area contributed by atoms with Crippen LogP contribution in [0.4, 0.5) is 11.5 Å². The molecule has 0 spiro atoms. The van der Waals surface area contributed by atoms with Gasteiger partial charge in [0, 0.05) is 18.2 Å². The zero-order valence-corrected chi connectivity index (χ0v) is 15.4. The molecule has 0 radical (unpaired) electrons. The first-order chi connectivity index (χ1) is 13.2. The zero-order valence-electron chi connectivity index (χ0n) is 15.4. The zero-order chi connectivity index (χ0) is 19.1. The maximum Gasteiger partial charge on any atom is 0.270 e. The number of rotatable bonds is 7. The van der Waals surface area contributed by atoms with Crippen molar-refractivity contribution in [1.82, 2.24) is 15.3 Å². The number of hydrogen-bond acceptors (Lipinski definition) is 5. The summed E-state index contributed by atoms with van der Waals surface area (Å²) < 4.78 is 5.38. The number of nitrogens with zero attached hydrogens (tertiary/aromatic N) is 2. The van der Waals surface area contributed by atoms with Crippen molar-refractivity contribution in [2.45, 2.75) is 13.3 Å².